The molecule has 3 nitrogen and oxygen atoms in total. The summed E-state index contributed by atoms with van der Waals surface area (Å²) >= 11 is 0. The second-order valence-electron chi connectivity index (χ2n) is 1.72. The van der Waals surface area contributed by atoms with E-state index in [4.69, 9.17) is 4.74 Å². The fourth-order valence-electron chi connectivity index (χ4n) is 0.577. The van der Waals surface area contributed by atoms with Crippen LogP contribution in [0.2, 0.25) is 0 Å². The Morgan fingerprint density at radius 3 is 2.73 bits per heavy atom. The summed E-state index contributed by atoms with van der Waals surface area (Å²) in [7, 11) is 0. The summed E-state index contributed by atoms with van der Waals surface area (Å²) < 4.78 is 5.11. The van der Waals surface area contributed by atoms with E-state index in [-0.39, 0.29) is 0 Å². The van der Waals surface area contributed by atoms with Gasteiger partial charge in [-0.25, -0.2) is 0 Å². The van der Waals surface area contributed by atoms with Crippen LogP contribution in [0.1, 0.15) is 26.5 Å². The van der Waals surface area contributed by atoms with Crippen LogP contribution in [0.25, 0.3) is 0 Å². The number of H-pyrrole nitrogens is 1. The minimum absolute atomic E-state index is 0.635. The first-order valence-corrected chi connectivity index (χ1v) is 3.99. The Bertz CT molecular complexity index is 149. The zero-order chi connectivity index (χ0) is 8.53. The van der Waals surface area contributed by atoms with Crippen molar-refractivity contribution in [2.45, 2.75) is 27.4 Å². The summed E-state index contributed by atoms with van der Waals surface area (Å²) in [6.07, 6.45) is 1.72. The van der Waals surface area contributed by atoms with E-state index in [0.29, 0.717) is 6.61 Å². The van der Waals surface area contributed by atoms with Gasteiger partial charge >= 0.3 is 0 Å². The van der Waals surface area contributed by atoms with Gasteiger partial charge in [-0.2, -0.15) is 5.10 Å². The van der Waals surface area contributed by atoms with Gasteiger partial charge in [-0.05, 0) is 13.0 Å². The second kappa shape index (κ2) is 7.28. The maximum Gasteiger partial charge on any atom is 0.0881 e. The van der Waals surface area contributed by atoms with Crippen molar-refractivity contribution < 1.29 is 4.74 Å². The summed E-state index contributed by atoms with van der Waals surface area (Å²) in [4.78, 5) is 0. The van der Waals surface area contributed by atoms with Gasteiger partial charge in [-0.15, -0.1) is 0 Å². The molecular weight excluding hydrogens is 140 g/mol. The Labute approximate surface area is 67.8 Å². The lowest BCUT2D eigenvalue weighted by Gasteiger charge is -1.94. The first-order chi connectivity index (χ1) is 5.43. The van der Waals surface area contributed by atoms with Crippen molar-refractivity contribution in [3.05, 3.63) is 18.0 Å². The van der Waals surface area contributed by atoms with Crippen LogP contribution < -0.4 is 0 Å². The van der Waals surface area contributed by atoms with Crippen LogP contribution in [-0.2, 0) is 11.3 Å². The maximum absolute atomic E-state index is 5.11. The quantitative estimate of drug-likeness (QED) is 0.726. The number of hydrogen-bond acceptors (Lipinski definition) is 2. The van der Waals surface area contributed by atoms with E-state index in [2.05, 4.69) is 10.2 Å². The molecule has 0 radical (unpaired) electrons. The van der Waals surface area contributed by atoms with Crippen LogP contribution in [0, 0.1) is 0 Å². The summed E-state index contributed by atoms with van der Waals surface area (Å²) in [5, 5.41) is 6.57. The molecular formula is C8H16N2O. The van der Waals surface area contributed by atoms with Crippen LogP contribution in [0.5, 0.6) is 0 Å². The third-order valence-corrected chi connectivity index (χ3v) is 1.02. The summed E-state index contributed by atoms with van der Waals surface area (Å²) in [6, 6.07) is 1.90. The van der Waals surface area contributed by atoms with Gasteiger partial charge in [0.1, 0.15) is 0 Å². The van der Waals surface area contributed by atoms with Crippen molar-refractivity contribution >= 4 is 0 Å². The maximum atomic E-state index is 5.11. The number of aromatic amines is 1. The molecule has 0 atom stereocenters. The predicted molar refractivity (Wildman–Crippen MR) is 45.3 cm³/mol. The highest BCUT2D eigenvalue weighted by Gasteiger charge is 1.89. The molecule has 0 bridgehead atoms. The average Bonchev–Trinajstić information content (AvgIpc) is 2.57. The fraction of sp³-hybridized carbons (Fsp3) is 0.625. The molecule has 0 unspecified atom stereocenters. The molecule has 64 valence electrons. The smallest absolute Gasteiger partial charge is 0.0881 e. The monoisotopic (exact) mass is 156 g/mol. The lowest BCUT2D eigenvalue weighted by Crippen LogP contribution is -1.91. The number of rotatable bonds is 3. The van der Waals surface area contributed by atoms with Gasteiger partial charge in [0.25, 0.3) is 0 Å². The van der Waals surface area contributed by atoms with E-state index in [9.17, 15) is 0 Å². The first-order valence-electron chi connectivity index (χ1n) is 3.99. The standard InChI is InChI=1S/C6H10N2O.C2H6/c1-2-9-5-6-3-4-7-8-6;1-2/h3-4H,2,5H2,1H3,(H,7,8);1-2H3. The molecule has 0 aliphatic heterocycles. The first kappa shape index (κ1) is 10.2. The molecule has 0 spiro atoms. The van der Waals surface area contributed by atoms with Crippen molar-refractivity contribution in [1.82, 2.24) is 10.2 Å². The highest BCUT2D eigenvalue weighted by molar-refractivity contribution is 4.94. The van der Waals surface area contributed by atoms with Crippen LogP contribution in [-0.4, -0.2) is 16.8 Å². The van der Waals surface area contributed by atoms with E-state index in [0.717, 1.165) is 12.3 Å². The van der Waals surface area contributed by atoms with Crippen LogP contribution in [0.3, 0.4) is 0 Å². The van der Waals surface area contributed by atoms with Gasteiger partial charge in [-0.3, -0.25) is 5.10 Å². The van der Waals surface area contributed by atoms with Crippen LogP contribution in [0.4, 0.5) is 0 Å². The lowest BCUT2D eigenvalue weighted by atomic mass is 10.5. The number of nitrogens with one attached hydrogen (secondary N) is 1. The normalized spacial score (nSPS) is 8.64. The fourth-order valence-corrected chi connectivity index (χ4v) is 0.577. The van der Waals surface area contributed by atoms with Crippen LogP contribution in [0.15, 0.2) is 12.3 Å². The molecule has 3 heteroatoms. The molecule has 0 amide bonds. The van der Waals surface area contributed by atoms with Crippen molar-refractivity contribution in [2.24, 2.45) is 0 Å². The molecule has 1 aromatic heterocycles. The van der Waals surface area contributed by atoms with E-state index in [1.807, 2.05) is 26.8 Å². The van der Waals surface area contributed by atoms with Crippen molar-refractivity contribution in [1.29, 1.82) is 0 Å². The molecule has 0 saturated carbocycles. The van der Waals surface area contributed by atoms with Gasteiger partial charge < -0.3 is 4.74 Å². The molecule has 0 fully saturated rings. The number of hydrogen-bond donors (Lipinski definition) is 1. The van der Waals surface area contributed by atoms with Gasteiger partial charge in [0.15, 0.2) is 0 Å². The highest BCUT2D eigenvalue weighted by Crippen LogP contribution is 1.92. The van der Waals surface area contributed by atoms with Crippen LogP contribution >= 0.6 is 0 Å². The average molecular weight is 156 g/mol. The van der Waals surface area contributed by atoms with Crippen molar-refractivity contribution in [2.75, 3.05) is 6.61 Å². The van der Waals surface area contributed by atoms with Gasteiger partial charge in [0.2, 0.25) is 0 Å². The Balaban J connectivity index is 0.000000461. The highest BCUT2D eigenvalue weighted by atomic mass is 16.5. The molecule has 1 heterocycles. The number of nitrogens with zero attached hydrogens (tertiary/aromatic N) is 1. The lowest BCUT2D eigenvalue weighted by molar-refractivity contribution is 0.131. The Hall–Kier alpha value is -0.830. The van der Waals surface area contributed by atoms with E-state index < -0.39 is 0 Å². The molecule has 0 aliphatic carbocycles. The van der Waals surface area contributed by atoms with E-state index in [1.165, 1.54) is 0 Å². The van der Waals surface area contributed by atoms with Gasteiger partial charge in [-0.1, -0.05) is 13.8 Å². The molecule has 1 N–H and O–H groups in total. The van der Waals surface area contributed by atoms with Gasteiger partial charge in [0.05, 0.1) is 12.3 Å². The largest absolute Gasteiger partial charge is 0.375 e. The van der Waals surface area contributed by atoms with E-state index >= 15 is 0 Å². The van der Waals surface area contributed by atoms with E-state index in [1.54, 1.807) is 6.20 Å². The molecule has 0 aliphatic rings. The zero-order valence-electron chi connectivity index (χ0n) is 7.42. The molecule has 0 saturated heterocycles. The summed E-state index contributed by atoms with van der Waals surface area (Å²) in [5.41, 5.74) is 1.02. The Morgan fingerprint density at radius 1 is 1.55 bits per heavy atom. The Kier molecular flexibility index (Phi) is 6.73. The third-order valence-electron chi connectivity index (χ3n) is 1.02. The third kappa shape index (κ3) is 4.56. The minimum Gasteiger partial charge on any atom is -0.375 e. The molecule has 0 aromatic carbocycles. The molecule has 1 aromatic rings. The number of aromatic nitrogens is 2. The summed E-state index contributed by atoms with van der Waals surface area (Å²) in [5.74, 6) is 0. The molecule has 1 rings (SSSR count). The van der Waals surface area contributed by atoms with Gasteiger partial charge in [0, 0.05) is 12.8 Å². The predicted octanol–water partition coefficient (Wildman–Crippen LogP) is 1.97. The minimum atomic E-state index is 0.635. The summed E-state index contributed by atoms with van der Waals surface area (Å²) in [6.45, 7) is 7.35. The molecule has 11 heavy (non-hydrogen) atoms. The van der Waals surface area contributed by atoms with Crippen molar-refractivity contribution in [3.8, 4) is 0 Å². The Morgan fingerprint density at radius 2 is 2.27 bits per heavy atom. The second-order valence-corrected chi connectivity index (χ2v) is 1.72. The zero-order valence-corrected chi connectivity index (χ0v) is 7.42. The topological polar surface area (TPSA) is 37.9 Å². The van der Waals surface area contributed by atoms with Crippen molar-refractivity contribution in [3.63, 3.8) is 0 Å². The SMILES string of the molecule is CC.CCOCc1ccn[nH]1. The number of ether oxygens (including phenoxy) is 1.